The maximum Gasteiger partial charge on any atom is 0.435 e. The Bertz CT molecular complexity index is 946. The maximum atomic E-state index is 13.8. The molecule has 0 bridgehead atoms. The third-order valence-electron chi connectivity index (χ3n) is 5.79. The van der Waals surface area contributed by atoms with Gasteiger partial charge in [-0.25, -0.2) is 8.78 Å². The summed E-state index contributed by atoms with van der Waals surface area (Å²) in [4.78, 5) is 16.2. The van der Waals surface area contributed by atoms with E-state index in [-0.39, 0.29) is 36.9 Å². The molecule has 2 fully saturated rings. The van der Waals surface area contributed by atoms with Crippen molar-refractivity contribution in [2.45, 2.75) is 44.4 Å². The first-order valence-electron chi connectivity index (χ1n) is 10.3. The molecule has 10 heteroatoms. The number of piperazine rings is 1. The van der Waals surface area contributed by atoms with E-state index in [4.69, 9.17) is 0 Å². The smallest absolute Gasteiger partial charge is 0.340 e. The zero-order valence-corrected chi connectivity index (χ0v) is 16.8. The van der Waals surface area contributed by atoms with E-state index in [2.05, 4.69) is 5.10 Å². The largest absolute Gasteiger partial charge is 0.435 e. The van der Waals surface area contributed by atoms with Crippen LogP contribution < -0.4 is 0 Å². The molecule has 0 unspecified atom stereocenters. The predicted molar refractivity (Wildman–Crippen MR) is 102 cm³/mol. The summed E-state index contributed by atoms with van der Waals surface area (Å²) < 4.78 is 67.5. The number of nitrogens with zero attached hydrogens (tertiary/aromatic N) is 4. The molecule has 168 valence electrons. The predicted octanol–water partition coefficient (Wildman–Crippen LogP) is 3.79. The molecule has 1 aromatic carbocycles. The molecule has 1 saturated heterocycles. The number of aryl methyl sites for hydroxylation is 1. The van der Waals surface area contributed by atoms with Gasteiger partial charge in [0.15, 0.2) is 17.3 Å². The van der Waals surface area contributed by atoms with Gasteiger partial charge in [0, 0.05) is 62.9 Å². The van der Waals surface area contributed by atoms with Crippen molar-refractivity contribution in [3.8, 4) is 0 Å². The lowest BCUT2D eigenvalue weighted by Crippen LogP contribution is -2.48. The summed E-state index contributed by atoms with van der Waals surface area (Å²) in [6.07, 6.45) is -2.76. The monoisotopic (exact) mass is 442 g/mol. The summed E-state index contributed by atoms with van der Waals surface area (Å²) in [5.74, 6) is -1.80. The second kappa shape index (κ2) is 8.57. The quantitative estimate of drug-likeness (QED) is 0.640. The van der Waals surface area contributed by atoms with Crippen LogP contribution >= 0.6 is 0 Å². The van der Waals surface area contributed by atoms with Gasteiger partial charge in [-0.05, 0) is 25.0 Å². The highest BCUT2D eigenvalue weighted by atomic mass is 19.4. The molecular weight excluding hydrogens is 419 g/mol. The molecule has 0 atom stereocenters. The summed E-state index contributed by atoms with van der Waals surface area (Å²) in [6, 6.07) is 5.16. The van der Waals surface area contributed by atoms with E-state index in [1.807, 2.05) is 4.90 Å². The normalized spacial score (nSPS) is 17.9. The summed E-state index contributed by atoms with van der Waals surface area (Å²) >= 11 is 0. The van der Waals surface area contributed by atoms with Gasteiger partial charge in [0.1, 0.15) is 0 Å². The number of aromatic nitrogens is 2. The molecule has 4 rings (SSSR count). The second-order valence-corrected chi connectivity index (χ2v) is 8.07. The first-order valence-corrected chi connectivity index (χ1v) is 10.3. The Morgan fingerprint density at radius 2 is 1.81 bits per heavy atom. The fraction of sp³-hybridized carbons (Fsp3) is 0.524. The molecule has 31 heavy (non-hydrogen) atoms. The molecule has 0 spiro atoms. The van der Waals surface area contributed by atoms with E-state index in [9.17, 15) is 26.7 Å². The van der Waals surface area contributed by atoms with Crippen LogP contribution in [0, 0.1) is 11.6 Å². The highest BCUT2D eigenvalue weighted by Gasteiger charge is 2.38. The Balaban J connectivity index is 1.30. The van der Waals surface area contributed by atoms with Crippen LogP contribution in [0.3, 0.4) is 0 Å². The number of hydrogen-bond donors (Lipinski definition) is 0. The summed E-state index contributed by atoms with van der Waals surface area (Å²) in [7, 11) is 0. The second-order valence-electron chi connectivity index (χ2n) is 8.07. The zero-order chi connectivity index (χ0) is 22.2. The number of rotatable bonds is 6. The van der Waals surface area contributed by atoms with Gasteiger partial charge < -0.3 is 4.90 Å². The average Bonchev–Trinajstić information content (AvgIpc) is 3.48. The number of carbonyl (C=O) groups is 1. The molecule has 1 aliphatic heterocycles. The van der Waals surface area contributed by atoms with E-state index in [0.717, 1.165) is 25.0 Å². The summed E-state index contributed by atoms with van der Waals surface area (Å²) in [5, 5.41) is 3.68. The lowest BCUT2D eigenvalue weighted by atomic mass is 10.1. The lowest BCUT2D eigenvalue weighted by Gasteiger charge is -2.35. The number of benzene rings is 1. The Kier molecular flexibility index (Phi) is 6.00. The first-order chi connectivity index (χ1) is 14.7. The van der Waals surface area contributed by atoms with Crippen molar-refractivity contribution in [2.24, 2.45) is 0 Å². The Morgan fingerprint density at radius 3 is 2.45 bits per heavy atom. The van der Waals surface area contributed by atoms with Crippen molar-refractivity contribution >= 4 is 5.91 Å². The minimum Gasteiger partial charge on any atom is -0.340 e. The van der Waals surface area contributed by atoms with Gasteiger partial charge in [-0.3, -0.25) is 14.4 Å². The van der Waals surface area contributed by atoms with Crippen LogP contribution in [-0.4, -0.2) is 51.7 Å². The molecule has 1 amide bonds. The number of halogens is 5. The Labute approximate surface area is 176 Å². The standard InChI is InChI=1S/C21H23F5N4O/c22-16-3-1-2-15(20(16)23)13-28-8-10-29(11-9-28)19(31)6-7-30-17(14-4-5-14)12-18(27-30)21(24,25)26/h1-3,12,14H,4-11,13H2. The van der Waals surface area contributed by atoms with Crippen LogP contribution in [0.25, 0.3) is 0 Å². The molecule has 1 aliphatic carbocycles. The number of carbonyl (C=O) groups excluding carboxylic acids is 1. The van der Waals surface area contributed by atoms with Crippen molar-refractivity contribution in [3.63, 3.8) is 0 Å². The maximum absolute atomic E-state index is 13.8. The molecule has 5 nitrogen and oxygen atoms in total. The van der Waals surface area contributed by atoms with Crippen LogP contribution in [-0.2, 0) is 24.1 Å². The number of alkyl halides is 3. The van der Waals surface area contributed by atoms with Gasteiger partial charge >= 0.3 is 6.18 Å². The van der Waals surface area contributed by atoms with Gasteiger partial charge in [-0.15, -0.1) is 0 Å². The van der Waals surface area contributed by atoms with Crippen LogP contribution in [0.2, 0.25) is 0 Å². The van der Waals surface area contributed by atoms with Gasteiger partial charge in [-0.1, -0.05) is 12.1 Å². The minimum absolute atomic E-state index is 0.0667. The van der Waals surface area contributed by atoms with Gasteiger partial charge in [0.25, 0.3) is 0 Å². The summed E-state index contributed by atoms with van der Waals surface area (Å²) in [5.41, 5.74) is -0.103. The number of amides is 1. The number of hydrogen-bond acceptors (Lipinski definition) is 3. The van der Waals surface area contributed by atoms with Gasteiger partial charge in [0.05, 0.1) is 0 Å². The van der Waals surface area contributed by atoms with E-state index in [1.165, 1.54) is 16.8 Å². The fourth-order valence-electron chi connectivity index (χ4n) is 3.88. The molecule has 2 heterocycles. The van der Waals surface area contributed by atoms with E-state index < -0.39 is 23.5 Å². The van der Waals surface area contributed by atoms with E-state index in [0.29, 0.717) is 31.9 Å². The van der Waals surface area contributed by atoms with Crippen molar-refractivity contribution in [2.75, 3.05) is 26.2 Å². The fourth-order valence-corrected chi connectivity index (χ4v) is 3.88. The summed E-state index contributed by atoms with van der Waals surface area (Å²) in [6.45, 7) is 2.24. The van der Waals surface area contributed by atoms with Crippen molar-refractivity contribution in [3.05, 3.63) is 52.9 Å². The molecule has 1 saturated carbocycles. The molecule has 0 N–H and O–H groups in total. The topological polar surface area (TPSA) is 41.4 Å². The Morgan fingerprint density at radius 1 is 1.10 bits per heavy atom. The molecular formula is C21H23F5N4O. The minimum atomic E-state index is -4.50. The highest BCUT2D eigenvalue weighted by Crippen LogP contribution is 2.42. The van der Waals surface area contributed by atoms with Gasteiger partial charge in [0.2, 0.25) is 5.91 Å². The van der Waals surface area contributed by atoms with Crippen LogP contribution in [0.1, 0.15) is 42.1 Å². The average molecular weight is 442 g/mol. The SMILES string of the molecule is O=C(CCn1nc(C(F)(F)F)cc1C1CC1)N1CCN(Cc2cccc(F)c2F)CC1. The first kappa shape index (κ1) is 21.7. The molecule has 2 aromatic rings. The van der Waals surface area contributed by atoms with Crippen molar-refractivity contribution < 1.29 is 26.7 Å². The molecule has 2 aliphatic rings. The third-order valence-corrected chi connectivity index (χ3v) is 5.79. The van der Waals surface area contributed by atoms with Crippen molar-refractivity contribution in [1.82, 2.24) is 19.6 Å². The van der Waals surface area contributed by atoms with Gasteiger partial charge in [-0.2, -0.15) is 18.3 Å². The third kappa shape index (κ3) is 5.06. The van der Waals surface area contributed by atoms with E-state index >= 15 is 0 Å². The molecule has 0 radical (unpaired) electrons. The Hall–Kier alpha value is -2.49. The van der Waals surface area contributed by atoms with Crippen LogP contribution in [0.5, 0.6) is 0 Å². The van der Waals surface area contributed by atoms with Crippen LogP contribution in [0.15, 0.2) is 24.3 Å². The van der Waals surface area contributed by atoms with Crippen molar-refractivity contribution in [1.29, 1.82) is 0 Å². The molecule has 1 aromatic heterocycles. The zero-order valence-electron chi connectivity index (χ0n) is 16.8. The van der Waals surface area contributed by atoms with E-state index in [1.54, 1.807) is 4.90 Å². The lowest BCUT2D eigenvalue weighted by molar-refractivity contribution is -0.141. The van der Waals surface area contributed by atoms with Crippen LogP contribution in [0.4, 0.5) is 22.0 Å². The highest BCUT2D eigenvalue weighted by molar-refractivity contribution is 5.76.